The van der Waals surface area contributed by atoms with E-state index in [1.54, 1.807) is 0 Å². The molecule has 1 aromatic carbocycles. The number of amides is 2. The summed E-state index contributed by atoms with van der Waals surface area (Å²) in [6.07, 6.45) is 0.513. The molecule has 1 heterocycles. The molecule has 0 aliphatic carbocycles. The van der Waals surface area contributed by atoms with E-state index in [2.05, 4.69) is 12.2 Å². The van der Waals surface area contributed by atoms with Gasteiger partial charge in [0.2, 0.25) is 11.8 Å². The maximum absolute atomic E-state index is 12.2. The van der Waals surface area contributed by atoms with E-state index in [1.807, 2.05) is 42.2 Å². The molecule has 1 aromatic rings. The molecule has 2 amide bonds. The van der Waals surface area contributed by atoms with Crippen LogP contribution in [0.2, 0.25) is 0 Å². The smallest absolute Gasteiger partial charge is 0.223 e. The van der Waals surface area contributed by atoms with Crippen LogP contribution in [0.15, 0.2) is 30.3 Å². The molecule has 1 saturated heterocycles. The van der Waals surface area contributed by atoms with Crippen LogP contribution in [0.5, 0.6) is 0 Å². The maximum atomic E-state index is 12.2. The number of carbonyl (C=O) groups is 2. The first kappa shape index (κ1) is 14.6. The van der Waals surface area contributed by atoms with E-state index in [-0.39, 0.29) is 29.8 Å². The van der Waals surface area contributed by atoms with Crippen molar-refractivity contribution in [2.75, 3.05) is 6.54 Å². The number of rotatable bonds is 4. The molecule has 0 saturated carbocycles. The summed E-state index contributed by atoms with van der Waals surface area (Å²) in [5, 5.41) is 2.89. The fourth-order valence-corrected chi connectivity index (χ4v) is 2.82. The zero-order valence-electron chi connectivity index (χ0n) is 12.3. The van der Waals surface area contributed by atoms with E-state index in [0.29, 0.717) is 13.0 Å². The highest BCUT2D eigenvalue weighted by Crippen LogP contribution is 2.29. The van der Waals surface area contributed by atoms with Crippen molar-refractivity contribution in [1.82, 2.24) is 10.2 Å². The molecule has 108 valence electrons. The molecule has 1 aliphatic heterocycles. The van der Waals surface area contributed by atoms with E-state index >= 15 is 0 Å². The molecule has 0 bridgehead atoms. The lowest BCUT2D eigenvalue weighted by Crippen LogP contribution is -2.38. The van der Waals surface area contributed by atoms with Gasteiger partial charge in [-0.2, -0.15) is 0 Å². The van der Waals surface area contributed by atoms with Gasteiger partial charge >= 0.3 is 0 Å². The minimum atomic E-state index is -0.0421. The van der Waals surface area contributed by atoms with Crippen molar-refractivity contribution in [3.05, 3.63) is 35.9 Å². The summed E-state index contributed by atoms with van der Waals surface area (Å²) in [5.41, 5.74) is 1.15. The Bertz CT molecular complexity index is 487. The third kappa shape index (κ3) is 3.18. The van der Waals surface area contributed by atoms with Gasteiger partial charge in [-0.3, -0.25) is 9.59 Å². The van der Waals surface area contributed by atoms with Gasteiger partial charge in [-0.1, -0.05) is 30.3 Å². The molecular formula is C16H22N2O2. The van der Waals surface area contributed by atoms with Crippen molar-refractivity contribution in [2.24, 2.45) is 5.92 Å². The molecule has 20 heavy (non-hydrogen) atoms. The van der Waals surface area contributed by atoms with E-state index in [4.69, 9.17) is 0 Å². The maximum Gasteiger partial charge on any atom is 0.223 e. The molecule has 1 unspecified atom stereocenters. The summed E-state index contributed by atoms with van der Waals surface area (Å²) in [6, 6.07) is 10.2. The number of likely N-dealkylation sites (tertiary alicyclic amines) is 1. The monoisotopic (exact) mass is 274 g/mol. The average molecular weight is 274 g/mol. The highest BCUT2D eigenvalue weighted by molar-refractivity contribution is 5.79. The summed E-state index contributed by atoms with van der Waals surface area (Å²) < 4.78 is 0. The van der Waals surface area contributed by atoms with Crippen molar-refractivity contribution >= 4 is 11.8 Å². The van der Waals surface area contributed by atoms with E-state index in [0.717, 1.165) is 5.56 Å². The molecule has 1 aliphatic rings. The average Bonchev–Trinajstić information content (AvgIpc) is 2.80. The van der Waals surface area contributed by atoms with Crippen LogP contribution in [0.4, 0.5) is 0 Å². The predicted octanol–water partition coefficient (Wildman–Crippen LogP) is 2.12. The fraction of sp³-hybridized carbons (Fsp3) is 0.500. The largest absolute Gasteiger partial charge is 0.354 e. The summed E-state index contributed by atoms with van der Waals surface area (Å²) >= 11 is 0. The highest BCUT2D eigenvalue weighted by Gasteiger charge is 2.35. The van der Waals surface area contributed by atoms with Crippen molar-refractivity contribution in [3.63, 3.8) is 0 Å². The van der Waals surface area contributed by atoms with Gasteiger partial charge in [-0.25, -0.2) is 0 Å². The lowest BCUT2D eigenvalue weighted by atomic mass is 10.0. The van der Waals surface area contributed by atoms with Crippen LogP contribution in [0, 0.1) is 5.92 Å². The summed E-state index contributed by atoms with van der Waals surface area (Å²) in [4.78, 5) is 25.2. The molecule has 3 atom stereocenters. The van der Waals surface area contributed by atoms with E-state index in [9.17, 15) is 9.59 Å². The molecule has 0 aromatic heterocycles. The fourth-order valence-electron chi connectivity index (χ4n) is 2.82. The van der Waals surface area contributed by atoms with Gasteiger partial charge in [-0.15, -0.1) is 0 Å². The third-order valence-electron chi connectivity index (χ3n) is 4.08. The van der Waals surface area contributed by atoms with Crippen molar-refractivity contribution < 1.29 is 9.59 Å². The van der Waals surface area contributed by atoms with E-state index < -0.39 is 0 Å². The number of hydrogen-bond acceptors (Lipinski definition) is 2. The second-order valence-corrected chi connectivity index (χ2v) is 5.59. The molecule has 1 fully saturated rings. The second kappa shape index (κ2) is 6.07. The van der Waals surface area contributed by atoms with E-state index in [1.165, 1.54) is 6.92 Å². The first-order valence-electron chi connectivity index (χ1n) is 7.10. The zero-order valence-corrected chi connectivity index (χ0v) is 12.3. The number of nitrogens with zero attached hydrogens (tertiary/aromatic N) is 1. The van der Waals surface area contributed by atoms with Gasteiger partial charge in [0, 0.05) is 31.8 Å². The van der Waals surface area contributed by atoms with Crippen LogP contribution in [0.1, 0.15) is 38.8 Å². The highest BCUT2D eigenvalue weighted by atomic mass is 16.2. The number of carbonyl (C=O) groups excluding carboxylic acids is 2. The second-order valence-electron chi connectivity index (χ2n) is 5.59. The van der Waals surface area contributed by atoms with Gasteiger partial charge in [0.1, 0.15) is 0 Å². The molecule has 0 radical (unpaired) electrons. The van der Waals surface area contributed by atoms with Crippen LogP contribution in [0.3, 0.4) is 0 Å². The van der Waals surface area contributed by atoms with Crippen LogP contribution in [-0.2, 0) is 9.59 Å². The van der Waals surface area contributed by atoms with Crippen molar-refractivity contribution in [3.8, 4) is 0 Å². The van der Waals surface area contributed by atoms with Gasteiger partial charge in [0.15, 0.2) is 0 Å². The Morgan fingerprint density at radius 2 is 1.95 bits per heavy atom. The topological polar surface area (TPSA) is 49.4 Å². The molecule has 2 rings (SSSR count). The Balaban J connectivity index is 2.04. The van der Waals surface area contributed by atoms with Gasteiger partial charge in [-0.05, 0) is 19.4 Å². The van der Waals surface area contributed by atoms with Gasteiger partial charge in [0.05, 0.1) is 6.04 Å². The SMILES string of the molecule is CC(=O)NC(C)[C@@H]1CC(=O)N([C@H](C)c2ccccc2)C1. The Kier molecular flexibility index (Phi) is 4.42. The standard InChI is InChI=1S/C16H22N2O2/c1-11(17-13(3)19)15-9-16(20)18(10-15)12(2)14-7-5-4-6-8-14/h4-8,11-12,15H,9-10H2,1-3H3,(H,17,19)/t11?,12-,15-/m1/s1. The molecule has 0 spiro atoms. The number of hydrogen-bond donors (Lipinski definition) is 1. The Morgan fingerprint density at radius 3 is 2.55 bits per heavy atom. The third-order valence-corrected chi connectivity index (χ3v) is 4.08. The summed E-state index contributed by atoms with van der Waals surface area (Å²) in [5.74, 6) is 0.320. The van der Waals surface area contributed by atoms with Gasteiger partial charge in [0.25, 0.3) is 0 Å². The summed E-state index contributed by atoms with van der Waals surface area (Å²) in [7, 11) is 0. The van der Waals surface area contributed by atoms with Crippen molar-refractivity contribution in [2.45, 2.75) is 39.3 Å². The lowest BCUT2D eigenvalue weighted by molar-refractivity contribution is -0.129. The Labute approximate surface area is 120 Å². The molecule has 4 nitrogen and oxygen atoms in total. The van der Waals surface area contributed by atoms with Crippen LogP contribution >= 0.6 is 0 Å². The van der Waals surface area contributed by atoms with Crippen molar-refractivity contribution in [1.29, 1.82) is 0 Å². The minimum Gasteiger partial charge on any atom is -0.354 e. The van der Waals surface area contributed by atoms with Crippen LogP contribution in [-0.4, -0.2) is 29.3 Å². The molecule has 4 heteroatoms. The molecule has 1 N–H and O–H groups in total. The minimum absolute atomic E-state index is 0.0319. The first-order valence-corrected chi connectivity index (χ1v) is 7.10. The van der Waals surface area contributed by atoms with Crippen LogP contribution < -0.4 is 5.32 Å². The number of nitrogens with one attached hydrogen (secondary N) is 1. The Morgan fingerprint density at radius 1 is 1.30 bits per heavy atom. The summed E-state index contributed by atoms with van der Waals surface area (Å²) in [6.45, 7) is 6.24. The Hall–Kier alpha value is -1.84. The quantitative estimate of drug-likeness (QED) is 0.914. The first-order chi connectivity index (χ1) is 9.49. The van der Waals surface area contributed by atoms with Gasteiger partial charge < -0.3 is 10.2 Å². The van der Waals surface area contributed by atoms with Crippen LogP contribution in [0.25, 0.3) is 0 Å². The normalized spacial score (nSPS) is 21.6. The zero-order chi connectivity index (χ0) is 14.7. The number of benzene rings is 1. The predicted molar refractivity (Wildman–Crippen MR) is 78.0 cm³/mol. The lowest BCUT2D eigenvalue weighted by Gasteiger charge is -2.26. The molecular weight excluding hydrogens is 252 g/mol.